The molecule has 0 aliphatic rings. The topological polar surface area (TPSA) is 26.3 Å². The van der Waals surface area contributed by atoms with Crippen molar-refractivity contribution < 1.29 is 9.53 Å². The third-order valence-corrected chi connectivity index (χ3v) is 2.03. The predicted molar refractivity (Wildman–Crippen MR) is 57.1 cm³/mol. The molecule has 1 atom stereocenters. The molecule has 0 saturated carbocycles. The quantitative estimate of drug-likeness (QED) is 0.564. The van der Waals surface area contributed by atoms with Crippen LogP contribution in [0.1, 0.15) is 17.3 Å². The Morgan fingerprint density at radius 1 is 1.57 bits per heavy atom. The Morgan fingerprint density at radius 3 is 2.79 bits per heavy atom. The van der Waals surface area contributed by atoms with Crippen LogP contribution in [0.4, 0.5) is 0 Å². The minimum Gasteiger partial charge on any atom is -0.485 e. The Kier molecular flexibility index (Phi) is 3.72. The number of hydrogen-bond acceptors (Lipinski definition) is 2. The van der Waals surface area contributed by atoms with Crippen LogP contribution in [0.15, 0.2) is 30.9 Å². The first-order chi connectivity index (χ1) is 6.67. The number of rotatable bonds is 4. The fourth-order valence-electron chi connectivity index (χ4n) is 0.934. The molecular formula is C11H11ClO2. The third kappa shape index (κ3) is 2.60. The molecule has 74 valence electrons. The Hall–Kier alpha value is -1.28. The summed E-state index contributed by atoms with van der Waals surface area (Å²) in [5.41, 5.74) is 0.536. The highest BCUT2D eigenvalue weighted by Crippen LogP contribution is 2.25. The van der Waals surface area contributed by atoms with Crippen molar-refractivity contribution in [3.63, 3.8) is 0 Å². The molecule has 1 aromatic carbocycles. The highest BCUT2D eigenvalue weighted by molar-refractivity contribution is 6.32. The lowest BCUT2D eigenvalue weighted by molar-refractivity contribution is 0.112. The van der Waals surface area contributed by atoms with Gasteiger partial charge in [-0.25, -0.2) is 0 Å². The largest absolute Gasteiger partial charge is 0.485 e. The molecule has 0 saturated heterocycles. The number of hydrogen-bond donors (Lipinski definition) is 0. The molecule has 0 N–H and O–H groups in total. The smallest absolute Gasteiger partial charge is 0.150 e. The van der Waals surface area contributed by atoms with Crippen molar-refractivity contribution in [2.75, 3.05) is 0 Å². The first-order valence-electron chi connectivity index (χ1n) is 4.21. The highest BCUT2D eigenvalue weighted by atomic mass is 35.5. The van der Waals surface area contributed by atoms with Gasteiger partial charge < -0.3 is 4.74 Å². The summed E-state index contributed by atoms with van der Waals surface area (Å²) in [7, 11) is 0. The molecule has 0 bridgehead atoms. The van der Waals surface area contributed by atoms with Gasteiger partial charge in [-0.05, 0) is 25.1 Å². The number of aldehydes is 1. The average molecular weight is 211 g/mol. The predicted octanol–water partition coefficient (Wildman–Crippen LogP) is 3.11. The third-order valence-electron chi connectivity index (χ3n) is 1.74. The molecule has 0 radical (unpaired) electrons. The van der Waals surface area contributed by atoms with E-state index in [1.165, 1.54) is 0 Å². The van der Waals surface area contributed by atoms with E-state index < -0.39 is 0 Å². The molecule has 2 nitrogen and oxygen atoms in total. The lowest BCUT2D eigenvalue weighted by Gasteiger charge is -2.11. The van der Waals surface area contributed by atoms with Gasteiger partial charge in [0.25, 0.3) is 0 Å². The molecule has 0 aliphatic carbocycles. The van der Waals surface area contributed by atoms with Crippen molar-refractivity contribution >= 4 is 17.9 Å². The molecule has 14 heavy (non-hydrogen) atoms. The second kappa shape index (κ2) is 4.82. The van der Waals surface area contributed by atoms with Gasteiger partial charge in [0.05, 0.1) is 5.02 Å². The van der Waals surface area contributed by atoms with Crippen LogP contribution in [0.2, 0.25) is 5.02 Å². The summed E-state index contributed by atoms with van der Waals surface area (Å²) >= 11 is 5.89. The molecule has 0 aromatic heterocycles. The van der Waals surface area contributed by atoms with Crippen molar-refractivity contribution in [2.45, 2.75) is 13.0 Å². The van der Waals surface area contributed by atoms with Gasteiger partial charge in [0.2, 0.25) is 0 Å². The van der Waals surface area contributed by atoms with Gasteiger partial charge in [0.15, 0.2) is 0 Å². The van der Waals surface area contributed by atoms with Crippen LogP contribution in [-0.4, -0.2) is 12.4 Å². The van der Waals surface area contributed by atoms with Crippen LogP contribution in [0.5, 0.6) is 5.75 Å². The van der Waals surface area contributed by atoms with E-state index in [0.29, 0.717) is 16.3 Å². The maximum Gasteiger partial charge on any atom is 0.150 e. The molecule has 0 fully saturated rings. The minimum atomic E-state index is -0.102. The Labute approximate surface area is 88.1 Å². The van der Waals surface area contributed by atoms with Crippen LogP contribution >= 0.6 is 11.6 Å². The Bertz CT molecular complexity index is 347. The van der Waals surface area contributed by atoms with Crippen LogP contribution in [-0.2, 0) is 0 Å². The summed E-state index contributed by atoms with van der Waals surface area (Å²) in [6.45, 7) is 5.45. The normalized spacial score (nSPS) is 11.9. The van der Waals surface area contributed by atoms with Gasteiger partial charge in [0.1, 0.15) is 18.1 Å². The lowest BCUT2D eigenvalue weighted by Crippen LogP contribution is -2.07. The molecule has 1 rings (SSSR count). The van der Waals surface area contributed by atoms with E-state index in [9.17, 15) is 4.79 Å². The number of benzene rings is 1. The van der Waals surface area contributed by atoms with Crippen molar-refractivity contribution in [3.05, 3.63) is 41.4 Å². The number of carbonyl (C=O) groups is 1. The van der Waals surface area contributed by atoms with E-state index in [-0.39, 0.29) is 6.10 Å². The average Bonchev–Trinajstić information content (AvgIpc) is 2.20. The monoisotopic (exact) mass is 210 g/mol. The van der Waals surface area contributed by atoms with Gasteiger partial charge >= 0.3 is 0 Å². The van der Waals surface area contributed by atoms with E-state index in [1.807, 2.05) is 6.92 Å². The van der Waals surface area contributed by atoms with Gasteiger partial charge in [-0.15, -0.1) is 0 Å². The molecule has 1 unspecified atom stereocenters. The highest BCUT2D eigenvalue weighted by Gasteiger charge is 2.04. The zero-order valence-corrected chi connectivity index (χ0v) is 8.62. The summed E-state index contributed by atoms with van der Waals surface area (Å²) < 4.78 is 5.43. The number of carbonyl (C=O) groups excluding carboxylic acids is 1. The molecule has 1 aromatic rings. The van der Waals surface area contributed by atoms with Crippen molar-refractivity contribution in [1.29, 1.82) is 0 Å². The van der Waals surface area contributed by atoms with Crippen LogP contribution in [0, 0.1) is 0 Å². The fourth-order valence-corrected chi connectivity index (χ4v) is 1.17. The van der Waals surface area contributed by atoms with Crippen LogP contribution < -0.4 is 4.74 Å². The molecule has 0 amide bonds. The van der Waals surface area contributed by atoms with E-state index in [0.717, 1.165) is 6.29 Å². The van der Waals surface area contributed by atoms with Crippen LogP contribution in [0.3, 0.4) is 0 Å². The molecule has 3 heteroatoms. The van der Waals surface area contributed by atoms with Crippen molar-refractivity contribution in [1.82, 2.24) is 0 Å². The maximum absolute atomic E-state index is 10.4. The van der Waals surface area contributed by atoms with Crippen molar-refractivity contribution in [2.24, 2.45) is 0 Å². The van der Waals surface area contributed by atoms with Gasteiger partial charge in [-0.2, -0.15) is 0 Å². The van der Waals surface area contributed by atoms with E-state index in [2.05, 4.69) is 6.58 Å². The molecule has 0 heterocycles. The molecular weight excluding hydrogens is 200 g/mol. The van der Waals surface area contributed by atoms with Gasteiger partial charge in [0, 0.05) is 5.56 Å². The number of halogens is 1. The Morgan fingerprint density at radius 2 is 2.29 bits per heavy atom. The second-order valence-corrected chi connectivity index (χ2v) is 3.27. The zero-order valence-electron chi connectivity index (χ0n) is 7.87. The fraction of sp³-hybridized carbons (Fsp3) is 0.182. The van der Waals surface area contributed by atoms with Gasteiger partial charge in [-0.1, -0.05) is 24.3 Å². The first kappa shape index (κ1) is 10.8. The van der Waals surface area contributed by atoms with E-state index >= 15 is 0 Å². The summed E-state index contributed by atoms with van der Waals surface area (Å²) in [4.78, 5) is 10.4. The summed E-state index contributed by atoms with van der Waals surface area (Å²) in [5.74, 6) is 0.560. The number of ether oxygens (including phenoxy) is 1. The first-order valence-corrected chi connectivity index (χ1v) is 4.59. The lowest BCUT2D eigenvalue weighted by atomic mass is 10.2. The summed E-state index contributed by atoms with van der Waals surface area (Å²) in [6, 6.07) is 4.90. The van der Waals surface area contributed by atoms with Crippen molar-refractivity contribution in [3.8, 4) is 5.75 Å². The van der Waals surface area contributed by atoms with E-state index in [4.69, 9.17) is 16.3 Å². The SMILES string of the molecule is C=CC(C)Oc1ccc(C=O)cc1Cl. The minimum absolute atomic E-state index is 0.102. The zero-order chi connectivity index (χ0) is 10.6. The second-order valence-electron chi connectivity index (χ2n) is 2.87. The summed E-state index contributed by atoms with van der Waals surface area (Å²) in [5, 5.41) is 0.434. The maximum atomic E-state index is 10.4. The molecule has 0 spiro atoms. The van der Waals surface area contributed by atoms with Crippen LogP contribution in [0.25, 0.3) is 0 Å². The Balaban J connectivity index is 2.88. The van der Waals surface area contributed by atoms with Gasteiger partial charge in [-0.3, -0.25) is 4.79 Å². The molecule has 0 aliphatic heterocycles. The summed E-state index contributed by atoms with van der Waals surface area (Å²) in [6.07, 6.45) is 2.31. The van der Waals surface area contributed by atoms with E-state index in [1.54, 1.807) is 24.3 Å². The standard InChI is InChI=1S/C11H11ClO2/c1-3-8(2)14-11-5-4-9(7-13)6-10(11)12/h3-8H,1H2,2H3.